The molecule has 0 heterocycles. The van der Waals surface area contributed by atoms with Crippen LogP contribution >= 0.6 is 0 Å². The molecular weight excluding hydrogens is 249 g/mol. The number of esters is 1. The standard InChI is InChI=1S/C14H18FNO3/c1-10(9-14(18)19-2)16-13(17)8-5-11-3-6-12(15)7-4-11/h3-4,6-7,10H,5,8-9H2,1-2H3,(H,16,17). The number of hydrogen-bond acceptors (Lipinski definition) is 3. The van der Waals surface area contributed by atoms with Crippen LogP contribution < -0.4 is 5.32 Å². The van der Waals surface area contributed by atoms with Gasteiger partial charge in [-0.05, 0) is 31.0 Å². The Morgan fingerprint density at radius 1 is 1.32 bits per heavy atom. The summed E-state index contributed by atoms with van der Waals surface area (Å²) >= 11 is 0. The molecular formula is C14H18FNO3. The number of amides is 1. The van der Waals surface area contributed by atoms with E-state index in [0.717, 1.165) is 5.56 Å². The zero-order valence-corrected chi connectivity index (χ0v) is 11.1. The van der Waals surface area contributed by atoms with Crippen molar-refractivity contribution in [2.45, 2.75) is 32.2 Å². The average Bonchev–Trinajstić information content (AvgIpc) is 2.37. The highest BCUT2D eigenvalue weighted by atomic mass is 19.1. The molecule has 19 heavy (non-hydrogen) atoms. The molecule has 1 N–H and O–H groups in total. The van der Waals surface area contributed by atoms with Crippen molar-refractivity contribution < 1.29 is 18.7 Å². The second-order valence-corrected chi connectivity index (χ2v) is 4.38. The van der Waals surface area contributed by atoms with Crippen LogP contribution in [0.2, 0.25) is 0 Å². The maximum Gasteiger partial charge on any atom is 0.307 e. The van der Waals surface area contributed by atoms with Crippen LogP contribution in [0.5, 0.6) is 0 Å². The summed E-state index contributed by atoms with van der Waals surface area (Å²) in [5.41, 5.74) is 0.900. The highest BCUT2D eigenvalue weighted by Crippen LogP contribution is 2.05. The molecule has 0 aliphatic carbocycles. The normalized spacial score (nSPS) is 11.7. The van der Waals surface area contributed by atoms with E-state index in [0.29, 0.717) is 12.8 Å². The maximum atomic E-state index is 12.7. The van der Waals surface area contributed by atoms with E-state index in [-0.39, 0.29) is 30.2 Å². The van der Waals surface area contributed by atoms with Gasteiger partial charge < -0.3 is 10.1 Å². The monoisotopic (exact) mass is 267 g/mol. The summed E-state index contributed by atoms with van der Waals surface area (Å²) in [6.07, 6.45) is 0.993. The first-order valence-corrected chi connectivity index (χ1v) is 6.12. The van der Waals surface area contributed by atoms with Crippen molar-refractivity contribution in [2.75, 3.05) is 7.11 Å². The van der Waals surface area contributed by atoms with Gasteiger partial charge in [0, 0.05) is 12.5 Å². The Labute approximate surface area is 112 Å². The van der Waals surface area contributed by atoms with E-state index in [1.54, 1.807) is 19.1 Å². The van der Waals surface area contributed by atoms with E-state index < -0.39 is 0 Å². The Balaban J connectivity index is 2.31. The van der Waals surface area contributed by atoms with Crippen molar-refractivity contribution in [3.8, 4) is 0 Å². The highest BCUT2D eigenvalue weighted by Gasteiger charge is 2.11. The molecule has 0 saturated carbocycles. The first-order valence-electron chi connectivity index (χ1n) is 6.12. The zero-order valence-electron chi connectivity index (χ0n) is 11.1. The van der Waals surface area contributed by atoms with E-state index in [9.17, 15) is 14.0 Å². The number of nitrogens with one attached hydrogen (secondary N) is 1. The number of halogens is 1. The number of carbonyl (C=O) groups excluding carboxylic acids is 2. The maximum absolute atomic E-state index is 12.7. The van der Waals surface area contributed by atoms with Crippen LogP contribution in [-0.4, -0.2) is 25.0 Å². The fourth-order valence-corrected chi connectivity index (χ4v) is 1.64. The molecule has 0 aliphatic rings. The van der Waals surface area contributed by atoms with Crippen LogP contribution in [0.25, 0.3) is 0 Å². The molecule has 1 aromatic carbocycles. The summed E-state index contributed by atoms with van der Waals surface area (Å²) in [7, 11) is 1.31. The molecule has 4 nitrogen and oxygen atoms in total. The number of ether oxygens (including phenoxy) is 1. The molecule has 0 saturated heterocycles. The van der Waals surface area contributed by atoms with E-state index in [2.05, 4.69) is 10.1 Å². The van der Waals surface area contributed by atoms with Gasteiger partial charge in [-0.1, -0.05) is 12.1 Å². The second kappa shape index (κ2) is 7.51. The number of rotatable bonds is 6. The minimum Gasteiger partial charge on any atom is -0.469 e. The summed E-state index contributed by atoms with van der Waals surface area (Å²) in [5, 5.41) is 2.71. The predicted molar refractivity (Wildman–Crippen MR) is 69.0 cm³/mol. The molecule has 1 aromatic rings. The van der Waals surface area contributed by atoms with Crippen molar-refractivity contribution in [1.29, 1.82) is 0 Å². The van der Waals surface area contributed by atoms with Crippen LogP contribution in [0.4, 0.5) is 4.39 Å². The molecule has 1 atom stereocenters. The van der Waals surface area contributed by atoms with Gasteiger partial charge in [-0.3, -0.25) is 9.59 Å². The first kappa shape index (κ1) is 15.1. The second-order valence-electron chi connectivity index (χ2n) is 4.38. The molecule has 1 rings (SSSR count). The van der Waals surface area contributed by atoms with Crippen LogP contribution in [0.15, 0.2) is 24.3 Å². The number of hydrogen-bond donors (Lipinski definition) is 1. The minimum absolute atomic E-state index is 0.138. The minimum atomic E-state index is -0.355. The molecule has 5 heteroatoms. The van der Waals surface area contributed by atoms with Crippen LogP contribution in [-0.2, 0) is 20.7 Å². The van der Waals surface area contributed by atoms with Gasteiger partial charge in [0.05, 0.1) is 13.5 Å². The smallest absolute Gasteiger partial charge is 0.307 e. The zero-order chi connectivity index (χ0) is 14.3. The van der Waals surface area contributed by atoms with E-state index in [1.807, 2.05) is 0 Å². The van der Waals surface area contributed by atoms with Crippen LogP contribution in [0.3, 0.4) is 0 Å². The molecule has 0 fully saturated rings. The predicted octanol–water partition coefficient (Wildman–Crippen LogP) is 1.83. The molecule has 1 amide bonds. The lowest BCUT2D eigenvalue weighted by Crippen LogP contribution is -2.34. The fraction of sp³-hybridized carbons (Fsp3) is 0.429. The SMILES string of the molecule is COC(=O)CC(C)NC(=O)CCc1ccc(F)cc1. The van der Waals surface area contributed by atoms with Gasteiger partial charge in [-0.15, -0.1) is 0 Å². The molecule has 0 aliphatic heterocycles. The Hall–Kier alpha value is -1.91. The molecule has 0 bridgehead atoms. The summed E-state index contributed by atoms with van der Waals surface area (Å²) in [6, 6.07) is 5.79. The fourth-order valence-electron chi connectivity index (χ4n) is 1.64. The van der Waals surface area contributed by atoms with E-state index in [4.69, 9.17) is 0 Å². The Morgan fingerprint density at radius 3 is 2.53 bits per heavy atom. The molecule has 0 aromatic heterocycles. The van der Waals surface area contributed by atoms with Gasteiger partial charge in [0.1, 0.15) is 5.82 Å². The van der Waals surface area contributed by atoms with Gasteiger partial charge in [0.15, 0.2) is 0 Å². The summed E-state index contributed by atoms with van der Waals surface area (Å²) in [4.78, 5) is 22.6. The molecule has 0 spiro atoms. The van der Waals surface area contributed by atoms with E-state index >= 15 is 0 Å². The quantitative estimate of drug-likeness (QED) is 0.800. The topological polar surface area (TPSA) is 55.4 Å². The highest BCUT2D eigenvalue weighted by molar-refractivity contribution is 5.77. The lowest BCUT2D eigenvalue weighted by molar-refractivity contribution is -0.141. The Kier molecular flexibility index (Phi) is 5.99. The van der Waals surface area contributed by atoms with Crippen molar-refractivity contribution in [3.63, 3.8) is 0 Å². The number of aryl methyl sites for hydroxylation is 1. The lowest BCUT2D eigenvalue weighted by Gasteiger charge is -2.12. The summed E-state index contributed by atoms with van der Waals surface area (Å²) in [6.45, 7) is 1.74. The molecule has 104 valence electrons. The largest absolute Gasteiger partial charge is 0.469 e. The van der Waals surface area contributed by atoms with Gasteiger partial charge >= 0.3 is 5.97 Å². The van der Waals surface area contributed by atoms with Crippen molar-refractivity contribution in [1.82, 2.24) is 5.32 Å². The molecule has 0 radical (unpaired) electrons. The third-order valence-corrected chi connectivity index (χ3v) is 2.66. The van der Waals surface area contributed by atoms with Crippen LogP contribution in [0.1, 0.15) is 25.3 Å². The van der Waals surface area contributed by atoms with Gasteiger partial charge in [-0.25, -0.2) is 4.39 Å². The van der Waals surface area contributed by atoms with Gasteiger partial charge in [-0.2, -0.15) is 0 Å². The Bertz CT molecular complexity index is 431. The number of carbonyl (C=O) groups is 2. The van der Waals surface area contributed by atoms with Gasteiger partial charge in [0.2, 0.25) is 5.91 Å². The van der Waals surface area contributed by atoms with Gasteiger partial charge in [0.25, 0.3) is 0 Å². The molecule has 1 unspecified atom stereocenters. The van der Waals surface area contributed by atoms with Crippen molar-refractivity contribution in [2.24, 2.45) is 0 Å². The third-order valence-electron chi connectivity index (χ3n) is 2.66. The Morgan fingerprint density at radius 2 is 1.95 bits per heavy atom. The van der Waals surface area contributed by atoms with E-state index in [1.165, 1.54) is 19.2 Å². The average molecular weight is 267 g/mol. The number of methoxy groups -OCH3 is 1. The summed E-state index contributed by atoms with van der Waals surface area (Å²) < 4.78 is 17.2. The lowest BCUT2D eigenvalue weighted by atomic mass is 10.1. The number of benzene rings is 1. The summed E-state index contributed by atoms with van der Waals surface area (Å²) in [5.74, 6) is -0.785. The third kappa shape index (κ3) is 5.99. The van der Waals surface area contributed by atoms with Crippen molar-refractivity contribution >= 4 is 11.9 Å². The van der Waals surface area contributed by atoms with Crippen LogP contribution in [0, 0.1) is 5.82 Å². The van der Waals surface area contributed by atoms with Crippen molar-refractivity contribution in [3.05, 3.63) is 35.6 Å². The first-order chi connectivity index (χ1) is 9.01.